The number of hydrogen-bond acceptors (Lipinski definition) is 2. The molecule has 3 atom stereocenters. The van der Waals surface area contributed by atoms with E-state index in [0.717, 1.165) is 6.42 Å². The zero-order chi connectivity index (χ0) is 9.64. The van der Waals surface area contributed by atoms with Crippen molar-refractivity contribution in [2.45, 2.75) is 25.1 Å². The van der Waals surface area contributed by atoms with E-state index >= 15 is 0 Å². The van der Waals surface area contributed by atoms with Gasteiger partial charge in [0.05, 0.1) is 6.04 Å². The minimum Gasteiger partial charge on any atom is -0.307 e. The molecule has 0 radical (unpaired) electrons. The molecule has 13 heavy (non-hydrogen) atoms. The lowest BCUT2D eigenvalue weighted by molar-refractivity contribution is -0.173. The van der Waals surface area contributed by atoms with Crippen LogP contribution >= 0.6 is 0 Å². The van der Waals surface area contributed by atoms with Crippen molar-refractivity contribution in [3.05, 3.63) is 0 Å². The molecule has 1 N–H and O–H groups in total. The third-order valence-corrected chi connectivity index (χ3v) is 2.83. The van der Waals surface area contributed by atoms with Crippen molar-refractivity contribution < 1.29 is 18.0 Å². The third kappa shape index (κ3) is 1.70. The van der Waals surface area contributed by atoms with Gasteiger partial charge in [-0.05, 0) is 31.2 Å². The highest BCUT2D eigenvalue weighted by molar-refractivity contribution is 5.89. The van der Waals surface area contributed by atoms with Crippen LogP contribution in [0.3, 0.4) is 0 Å². The van der Waals surface area contributed by atoms with Gasteiger partial charge < -0.3 is 5.32 Å². The highest BCUT2D eigenvalue weighted by Gasteiger charge is 2.50. The summed E-state index contributed by atoms with van der Waals surface area (Å²) in [5, 5.41) is 2.65. The molecule has 0 spiro atoms. The number of carbonyl (C=O) groups is 1. The number of fused-ring (bicyclic) bond motifs is 1. The maximum absolute atomic E-state index is 12.0. The Morgan fingerprint density at radius 1 is 1.23 bits per heavy atom. The van der Waals surface area contributed by atoms with Crippen molar-refractivity contribution in [1.29, 1.82) is 0 Å². The number of ketones is 1. The molecule has 1 aliphatic heterocycles. The average molecular weight is 193 g/mol. The van der Waals surface area contributed by atoms with Gasteiger partial charge in [-0.3, -0.25) is 4.79 Å². The number of carbonyl (C=O) groups excluding carboxylic acids is 1. The van der Waals surface area contributed by atoms with E-state index in [9.17, 15) is 18.0 Å². The molecular weight excluding hydrogens is 183 g/mol. The summed E-state index contributed by atoms with van der Waals surface area (Å²) >= 11 is 0. The topological polar surface area (TPSA) is 29.1 Å². The lowest BCUT2D eigenvalue weighted by Crippen LogP contribution is -2.47. The van der Waals surface area contributed by atoms with Gasteiger partial charge in [0.15, 0.2) is 0 Å². The van der Waals surface area contributed by atoms with E-state index in [0.29, 0.717) is 24.8 Å². The summed E-state index contributed by atoms with van der Waals surface area (Å²) in [6.45, 7) is 0.567. The summed E-state index contributed by atoms with van der Waals surface area (Å²) in [7, 11) is 0. The number of halogens is 3. The van der Waals surface area contributed by atoms with Gasteiger partial charge >= 0.3 is 6.18 Å². The van der Waals surface area contributed by atoms with Gasteiger partial charge in [0.1, 0.15) is 0 Å². The lowest BCUT2D eigenvalue weighted by atomic mass is 10.0. The summed E-state index contributed by atoms with van der Waals surface area (Å²) in [4.78, 5) is 10.8. The van der Waals surface area contributed by atoms with E-state index in [1.165, 1.54) is 0 Å². The van der Waals surface area contributed by atoms with Gasteiger partial charge in [-0.1, -0.05) is 0 Å². The molecule has 0 aromatic rings. The van der Waals surface area contributed by atoms with Crippen molar-refractivity contribution in [3.63, 3.8) is 0 Å². The largest absolute Gasteiger partial charge is 0.451 e. The van der Waals surface area contributed by atoms with Crippen molar-refractivity contribution in [2.75, 3.05) is 6.54 Å². The fourth-order valence-corrected chi connectivity index (χ4v) is 1.93. The highest BCUT2D eigenvalue weighted by Crippen LogP contribution is 2.44. The molecule has 2 aliphatic rings. The van der Waals surface area contributed by atoms with Crippen molar-refractivity contribution in [3.8, 4) is 0 Å². The fraction of sp³-hybridized carbons (Fsp3) is 0.875. The molecule has 1 heterocycles. The zero-order valence-corrected chi connectivity index (χ0v) is 6.90. The Bertz CT molecular complexity index is 238. The van der Waals surface area contributed by atoms with Gasteiger partial charge in [-0.2, -0.15) is 13.2 Å². The number of alkyl halides is 3. The smallest absolute Gasteiger partial charge is 0.307 e. The molecule has 0 amide bonds. The number of Topliss-reactive ketones (excluding diaryl/α,β-unsaturated/α-hetero) is 1. The molecule has 0 aromatic heterocycles. The first-order valence-electron chi connectivity index (χ1n) is 4.33. The third-order valence-electron chi connectivity index (χ3n) is 2.83. The molecule has 74 valence electrons. The van der Waals surface area contributed by atoms with Crippen LogP contribution in [0.15, 0.2) is 0 Å². The van der Waals surface area contributed by atoms with Crippen molar-refractivity contribution in [2.24, 2.45) is 11.8 Å². The molecule has 1 aliphatic carbocycles. The molecule has 2 nitrogen and oxygen atoms in total. The quantitative estimate of drug-likeness (QED) is 0.676. The molecule has 5 heteroatoms. The second-order valence-corrected chi connectivity index (χ2v) is 3.81. The van der Waals surface area contributed by atoms with E-state index < -0.39 is 18.0 Å². The molecule has 0 aromatic carbocycles. The summed E-state index contributed by atoms with van der Waals surface area (Å²) in [5.74, 6) is -0.729. The van der Waals surface area contributed by atoms with Gasteiger partial charge in [0.25, 0.3) is 5.78 Å². The molecular formula is C8H10F3NO. The van der Waals surface area contributed by atoms with E-state index in [4.69, 9.17) is 0 Å². The van der Waals surface area contributed by atoms with Crippen LogP contribution in [0.2, 0.25) is 0 Å². The molecule has 1 saturated carbocycles. The minimum absolute atomic E-state index is 0.359. The predicted molar refractivity (Wildman–Crippen MR) is 39.1 cm³/mol. The Hall–Kier alpha value is -0.580. The summed E-state index contributed by atoms with van der Waals surface area (Å²) in [5.41, 5.74) is 0. The number of nitrogens with one attached hydrogen (secondary N) is 1. The first-order chi connectivity index (χ1) is 5.98. The van der Waals surface area contributed by atoms with E-state index in [2.05, 4.69) is 5.32 Å². The average Bonchev–Trinajstić information content (AvgIpc) is 2.78. The normalized spacial score (nSPS) is 38.2. The number of hydrogen-bond donors (Lipinski definition) is 1. The Kier molecular flexibility index (Phi) is 1.87. The Morgan fingerprint density at radius 2 is 1.92 bits per heavy atom. The minimum atomic E-state index is -4.68. The monoisotopic (exact) mass is 193 g/mol. The summed E-state index contributed by atoms with van der Waals surface area (Å²) in [6, 6.07) is -0.983. The van der Waals surface area contributed by atoms with Crippen molar-refractivity contribution in [1.82, 2.24) is 5.32 Å². The molecule has 0 bridgehead atoms. The van der Waals surface area contributed by atoms with Crippen molar-refractivity contribution >= 4 is 5.78 Å². The first kappa shape index (κ1) is 8.99. The van der Waals surface area contributed by atoms with Gasteiger partial charge in [-0.25, -0.2) is 0 Å². The number of rotatable bonds is 1. The zero-order valence-electron chi connectivity index (χ0n) is 6.90. The Morgan fingerprint density at radius 3 is 2.46 bits per heavy atom. The van der Waals surface area contributed by atoms with E-state index in [1.807, 2.05) is 0 Å². The highest BCUT2D eigenvalue weighted by atomic mass is 19.4. The summed E-state index contributed by atoms with van der Waals surface area (Å²) < 4.78 is 36.0. The molecule has 1 saturated heterocycles. The maximum atomic E-state index is 12.0. The first-order valence-corrected chi connectivity index (χ1v) is 4.33. The van der Waals surface area contributed by atoms with Crippen LogP contribution in [0.25, 0.3) is 0 Å². The standard InChI is InChI=1S/C8H10F3NO/c9-8(10,11)7(13)6-2-4-1-5(4)3-12-6/h4-6,12H,1-3H2/t4?,5?,6-/m1/s1. The van der Waals surface area contributed by atoms with Crippen LogP contribution in [-0.2, 0) is 4.79 Å². The van der Waals surface area contributed by atoms with Crippen LogP contribution < -0.4 is 5.32 Å². The van der Waals surface area contributed by atoms with Gasteiger partial charge in [0, 0.05) is 0 Å². The second kappa shape index (κ2) is 2.70. The van der Waals surface area contributed by atoms with Crippen LogP contribution in [0.5, 0.6) is 0 Å². The SMILES string of the molecule is O=C([C@H]1CC2CC2CN1)C(F)(F)F. The van der Waals surface area contributed by atoms with Crippen LogP contribution in [0.4, 0.5) is 13.2 Å². The van der Waals surface area contributed by atoms with Gasteiger partial charge in [0.2, 0.25) is 0 Å². The van der Waals surface area contributed by atoms with Crippen LogP contribution in [0, 0.1) is 11.8 Å². The van der Waals surface area contributed by atoms with E-state index in [1.54, 1.807) is 0 Å². The van der Waals surface area contributed by atoms with E-state index in [-0.39, 0.29) is 0 Å². The van der Waals surface area contributed by atoms with Crippen LogP contribution in [0.1, 0.15) is 12.8 Å². The number of piperidine rings is 1. The van der Waals surface area contributed by atoms with Gasteiger partial charge in [-0.15, -0.1) is 0 Å². The Balaban J connectivity index is 1.97. The molecule has 2 fully saturated rings. The summed E-state index contributed by atoms with van der Waals surface area (Å²) in [6.07, 6.45) is -3.34. The predicted octanol–water partition coefficient (Wildman–Crippen LogP) is 1.12. The maximum Gasteiger partial charge on any atom is 0.451 e. The fourth-order valence-electron chi connectivity index (χ4n) is 1.93. The lowest BCUT2D eigenvalue weighted by Gasteiger charge is -2.22. The second-order valence-electron chi connectivity index (χ2n) is 3.81. The Labute approximate surface area is 73.5 Å². The van der Waals surface area contributed by atoms with Crippen LogP contribution in [-0.4, -0.2) is 24.5 Å². The molecule has 2 rings (SSSR count). The molecule has 2 unspecified atom stereocenters.